The molecule has 2 heterocycles. The van der Waals surface area contributed by atoms with Crippen LogP contribution in [-0.2, 0) is 11.5 Å². The van der Waals surface area contributed by atoms with E-state index in [1.54, 1.807) is 30.2 Å². The summed E-state index contributed by atoms with van der Waals surface area (Å²) in [7, 11) is 1.67. The Hall–Kier alpha value is -2.57. The fourth-order valence-corrected chi connectivity index (χ4v) is 4.72. The molecule has 0 aliphatic rings. The Morgan fingerprint density at radius 3 is 2.74 bits per heavy atom. The van der Waals surface area contributed by atoms with Crippen LogP contribution in [-0.4, -0.2) is 17.1 Å². The van der Waals surface area contributed by atoms with E-state index in [1.165, 1.54) is 5.56 Å². The Balaban J connectivity index is 1.51. The Labute approximate surface area is 165 Å². The van der Waals surface area contributed by atoms with Gasteiger partial charge in [-0.25, -0.2) is 4.98 Å². The van der Waals surface area contributed by atoms with Crippen molar-refractivity contribution in [1.82, 2.24) is 9.97 Å². The van der Waals surface area contributed by atoms with Crippen LogP contribution in [0.5, 0.6) is 5.75 Å². The standard InChI is InChI=1S/C21H18N2O2S2/c1-25-16-9-5-6-14(10-16)12-26-13-19-22-20(24)17-11-18(27-21(17)23-19)15-7-3-2-4-8-15/h2-11H,12-13H2,1H3,(H,22,23,24). The summed E-state index contributed by atoms with van der Waals surface area (Å²) in [6, 6.07) is 20.0. The van der Waals surface area contributed by atoms with Crippen molar-refractivity contribution in [3.8, 4) is 16.2 Å². The van der Waals surface area contributed by atoms with Crippen LogP contribution in [0.25, 0.3) is 20.7 Å². The van der Waals surface area contributed by atoms with E-state index in [1.807, 2.05) is 54.6 Å². The van der Waals surface area contributed by atoms with Crippen LogP contribution in [0.2, 0.25) is 0 Å². The molecule has 27 heavy (non-hydrogen) atoms. The molecule has 4 nitrogen and oxygen atoms in total. The van der Waals surface area contributed by atoms with Crippen molar-refractivity contribution < 1.29 is 4.74 Å². The van der Waals surface area contributed by atoms with Crippen molar-refractivity contribution in [3.05, 3.63) is 82.4 Å². The lowest BCUT2D eigenvalue weighted by Gasteiger charge is -2.04. The third kappa shape index (κ3) is 4.07. The number of aromatic nitrogens is 2. The maximum absolute atomic E-state index is 12.4. The molecule has 0 spiro atoms. The number of aromatic amines is 1. The average molecular weight is 395 g/mol. The van der Waals surface area contributed by atoms with Crippen molar-refractivity contribution in [2.24, 2.45) is 0 Å². The number of hydrogen-bond donors (Lipinski definition) is 1. The Morgan fingerprint density at radius 2 is 1.93 bits per heavy atom. The summed E-state index contributed by atoms with van der Waals surface area (Å²) in [6.45, 7) is 0. The van der Waals surface area contributed by atoms with Gasteiger partial charge in [-0.3, -0.25) is 4.79 Å². The van der Waals surface area contributed by atoms with Gasteiger partial charge >= 0.3 is 0 Å². The van der Waals surface area contributed by atoms with Crippen LogP contribution >= 0.6 is 23.1 Å². The first-order valence-electron chi connectivity index (χ1n) is 8.52. The van der Waals surface area contributed by atoms with E-state index in [-0.39, 0.29) is 5.56 Å². The molecule has 1 N–H and O–H groups in total. The van der Waals surface area contributed by atoms with Gasteiger partial charge in [0.05, 0.1) is 18.2 Å². The zero-order chi connectivity index (χ0) is 18.6. The summed E-state index contributed by atoms with van der Waals surface area (Å²) < 4.78 is 5.25. The second kappa shape index (κ2) is 7.98. The summed E-state index contributed by atoms with van der Waals surface area (Å²) in [5, 5.41) is 0.653. The van der Waals surface area contributed by atoms with Crippen LogP contribution in [0.4, 0.5) is 0 Å². The number of thioether (sulfide) groups is 1. The van der Waals surface area contributed by atoms with Gasteiger partial charge in [-0.05, 0) is 29.3 Å². The lowest BCUT2D eigenvalue weighted by atomic mass is 10.2. The first-order chi connectivity index (χ1) is 13.2. The molecule has 2 aromatic heterocycles. The second-order valence-corrected chi connectivity index (χ2v) is 8.07. The van der Waals surface area contributed by atoms with E-state index in [2.05, 4.69) is 16.0 Å². The van der Waals surface area contributed by atoms with E-state index in [0.717, 1.165) is 26.8 Å². The van der Waals surface area contributed by atoms with Crippen molar-refractivity contribution in [2.45, 2.75) is 11.5 Å². The van der Waals surface area contributed by atoms with Crippen LogP contribution in [0.3, 0.4) is 0 Å². The van der Waals surface area contributed by atoms with Crippen LogP contribution in [0, 0.1) is 0 Å². The van der Waals surface area contributed by atoms with E-state index in [9.17, 15) is 4.79 Å². The minimum absolute atomic E-state index is 0.0737. The first-order valence-corrected chi connectivity index (χ1v) is 10.5. The normalized spacial score (nSPS) is 11.0. The van der Waals surface area contributed by atoms with Crippen LogP contribution in [0.1, 0.15) is 11.4 Å². The highest BCUT2D eigenvalue weighted by Gasteiger charge is 2.10. The molecule has 0 amide bonds. The molecule has 2 aromatic carbocycles. The highest BCUT2D eigenvalue weighted by atomic mass is 32.2. The molecule has 4 aromatic rings. The number of rotatable bonds is 6. The average Bonchev–Trinajstić information content (AvgIpc) is 3.14. The summed E-state index contributed by atoms with van der Waals surface area (Å²) in [5.74, 6) is 3.05. The molecule has 0 saturated heterocycles. The highest BCUT2D eigenvalue weighted by Crippen LogP contribution is 2.31. The lowest BCUT2D eigenvalue weighted by Crippen LogP contribution is -2.09. The Kier molecular flexibility index (Phi) is 5.27. The fourth-order valence-electron chi connectivity index (χ4n) is 2.82. The van der Waals surface area contributed by atoms with E-state index >= 15 is 0 Å². The molecule has 6 heteroatoms. The number of nitrogens with zero attached hydrogens (tertiary/aromatic N) is 1. The number of ether oxygens (including phenoxy) is 1. The maximum Gasteiger partial charge on any atom is 0.259 e. The number of fused-ring (bicyclic) bond motifs is 1. The molecule has 0 aliphatic carbocycles. The monoisotopic (exact) mass is 394 g/mol. The van der Waals surface area contributed by atoms with Gasteiger partial charge in [0, 0.05) is 10.6 Å². The van der Waals surface area contributed by atoms with Gasteiger partial charge in [0.2, 0.25) is 0 Å². The molecule has 0 saturated carbocycles. The van der Waals surface area contributed by atoms with Gasteiger partial charge in [-0.1, -0.05) is 42.5 Å². The summed E-state index contributed by atoms with van der Waals surface area (Å²) >= 11 is 3.27. The van der Waals surface area contributed by atoms with Gasteiger partial charge in [0.25, 0.3) is 5.56 Å². The SMILES string of the molecule is COc1cccc(CSCc2nc3sc(-c4ccccc4)cc3c(=O)[nH]2)c1. The summed E-state index contributed by atoms with van der Waals surface area (Å²) in [6.07, 6.45) is 0. The summed E-state index contributed by atoms with van der Waals surface area (Å²) in [4.78, 5) is 21.9. The number of hydrogen-bond acceptors (Lipinski definition) is 5. The van der Waals surface area contributed by atoms with Crippen LogP contribution in [0.15, 0.2) is 65.5 Å². The zero-order valence-corrected chi connectivity index (χ0v) is 16.4. The maximum atomic E-state index is 12.4. The predicted octanol–water partition coefficient (Wildman–Crippen LogP) is 5.09. The molecular weight excluding hydrogens is 376 g/mol. The van der Waals surface area contributed by atoms with E-state index in [0.29, 0.717) is 17.0 Å². The largest absolute Gasteiger partial charge is 0.497 e. The van der Waals surface area contributed by atoms with Gasteiger partial charge in [0.1, 0.15) is 16.4 Å². The van der Waals surface area contributed by atoms with E-state index in [4.69, 9.17) is 4.74 Å². The van der Waals surface area contributed by atoms with Gasteiger partial charge in [-0.15, -0.1) is 23.1 Å². The molecular formula is C21H18N2O2S2. The third-order valence-corrected chi connectivity index (χ3v) is 6.24. The number of benzene rings is 2. The summed E-state index contributed by atoms with van der Waals surface area (Å²) in [5.41, 5.74) is 2.22. The number of H-pyrrole nitrogens is 1. The first kappa shape index (κ1) is 17.8. The molecule has 0 fully saturated rings. The van der Waals surface area contributed by atoms with Gasteiger partial charge in [-0.2, -0.15) is 0 Å². The molecule has 0 atom stereocenters. The van der Waals surface area contributed by atoms with Crippen molar-refractivity contribution in [3.63, 3.8) is 0 Å². The minimum Gasteiger partial charge on any atom is -0.497 e. The molecule has 0 aliphatic heterocycles. The van der Waals surface area contributed by atoms with Crippen molar-refractivity contribution >= 4 is 33.3 Å². The topological polar surface area (TPSA) is 55.0 Å². The Bertz CT molecular complexity index is 1120. The molecule has 0 bridgehead atoms. The Morgan fingerprint density at radius 1 is 1.07 bits per heavy atom. The molecule has 0 unspecified atom stereocenters. The number of nitrogens with one attached hydrogen (secondary N) is 1. The lowest BCUT2D eigenvalue weighted by molar-refractivity contribution is 0.414. The highest BCUT2D eigenvalue weighted by molar-refractivity contribution is 7.97. The van der Waals surface area contributed by atoms with Gasteiger partial charge < -0.3 is 9.72 Å². The second-order valence-electron chi connectivity index (χ2n) is 6.05. The van der Waals surface area contributed by atoms with Crippen LogP contribution < -0.4 is 10.3 Å². The van der Waals surface area contributed by atoms with Gasteiger partial charge in [0.15, 0.2) is 0 Å². The third-order valence-electron chi connectivity index (χ3n) is 4.15. The number of methoxy groups -OCH3 is 1. The predicted molar refractivity (Wildman–Crippen MR) is 114 cm³/mol. The molecule has 4 rings (SSSR count). The quantitative estimate of drug-likeness (QED) is 0.495. The molecule has 0 radical (unpaired) electrons. The minimum atomic E-state index is -0.0737. The van der Waals surface area contributed by atoms with Crippen molar-refractivity contribution in [2.75, 3.05) is 7.11 Å². The smallest absolute Gasteiger partial charge is 0.259 e. The molecule has 136 valence electrons. The fraction of sp³-hybridized carbons (Fsp3) is 0.143. The van der Waals surface area contributed by atoms with E-state index < -0.39 is 0 Å². The number of thiophene rings is 1. The zero-order valence-electron chi connectivity index (χ0n) is 14.8. The van der Waals surface area contributed by atoms with Crippen molar-refractivity contribution in [1.29, 1.82) is 0 Å².